The first-order valence-electron chi connectivity index (χ1n) is 5.73. The minimum Gasteiger partial charge on any atom is -0.484 e. The molecule has 0 aromatic heterocycles. The van der Waals surface area contributed by atoms with Crippen LogP contribution in [-0.2, 0) is 4.74 Å². The quantitative estimate of drug-likeness (QED) is 0.463. The van der Waals surface area contributed by atoms with Crippen molar-refractivity contribution in [1.29, 1.82) is 5.41 Å². The van der Waals surface area contributed by atoms with Crippen LogP contribution < -0.4 is 0 Å². The number of methoxy groups -OCH3 is 1. The third-order valence-electron chi connectivity index (χ3n) is 3.47. The van der Waals surface area contributed by atoms with Crippen molar-refractivity contribution in [3.8, 4) is 0 Å². The van der Waals surface area contributed by atoms with E-state index < -0.39 is 0 Å². The van der Waals surface area contributed by atoms with E-state index in [4.69, 9.17) is 10.1 Å². The van der Waals surface area contributed by atoms with Crippen LogP contribution in [0.1, 0.15) is 39.0 Å². The molecule has 1 aliphatic carbocycles. The van der Waals surface area contributed by atoms with Crippen LogP contribution >= 0.6 is 15.9 Å². The molecule has 1 saturated carbocycles. The van der Waals surface area contributed by atoms with Crippen molar-refractivity contribution >= 4 is 21.8 Å². The topological polar surface area (TPSA) is 33.1 Å². The summed E-state index contributed by atoms with van der Waals surface area (Å²) in [5.74, 6) is 0.393. The first-order chi connectivity index (χ1) is 7.68. The average Bonchev–Trinajstić information content (AvgIpc) is 2.75. The molecule has 0 atom stereocenters. The highest BCUT2D eigenvalue weighted by atomic mass is 79.9. The normalized spacial score (nSPS) is 20.3. The lowest BCUT2D eigenvalue weighted by atomic mass is 9.75. The Morgan fingerprint density at radius 1 is 1.44 bits per heavy atom. The lowest BCUT2D eigenvalue weighted by Gasteiger charge is -2.30. The van der Waals surface area contributed by atoms with Gasteiger partial charge in [0.05, 0.1) is 7.11 Å². The third-order valence-corrected chi connectivity index (χ3v) is 3.74. The summed E-state index contributed by atoms with van der Waals surface area (Å²) in [4.78, 5) is 1.90. The van der Waals surface area contributed by atoms with E-state index in [2.05, 4.69) is 35.0 Å². The molecule has 0 heterocycles. The van der Waals surface area contributed by atoms with E-state index >= 15 is 0 Å². The average molecular weight is 286 g/mol. The van der Waals surface area contributed by atoms with Gasteiger partial charge in [-0.2, -0.15) is 0 Å². The summed E-state index contributed by atoms with van der Waals surface area (Å²) in [6.07, 6.45) is 9.82. The van der Waals surface area contributed by atoms with E-state index in [0.29, 0.717) is 5.90 Å². The second-order valence-electron chi connectivity index (χ2n) is 4.33. The summed E-state index contributed by atoms with van der Waals surface area (Å²) >= 11 is 3.34. The van der Waals surface area contributed by atoms with Gasteiger partial charge < -0.3 is 4.74 Å². The van der Waals surface area contributed by atoms with Crippen molar-refractivity contribution < 1.29 is 4.74 Å². The summed E-state index contributed by atoms with van der Waals surface area (Å²) < 4.78 is 5.03. The van der Waals surface area contributed by atoms with Crippen molar-refractivity contribution in [2.24, 2.45) is 5.41 Å². The summed E-state index contributed by atoms with van der Waals surface area (Å²) in [5.41, 5.74) is 1.45. The van der Waals surface area contributed by atoms with Crippen LogP contribution in [0.3, 0.4) is 0 Å². The fraction of sp³-hybridized carbons (Fsp3) is 0.615. The second kappa shape index (κ2) is 6.24. The van der Waals surface area contributed by atoms with Crippen molar-refractivity contribution in [1.82, 2.24) is 0 Å². The molecule has 1 N–H and O–H groups in total. The predicted octanol–water partition coefficient (Wildman–Crippen LogP) is 4.42. The highest BCUT2D eigenvalue weighted by molar-refractivity contribution is 9.11. The van der Waals surface area contributed by atoms with Gasteiger partial charge in [0.25, 0.3) is 0 Å². The Bertz CT molecular complexity index is 301. The molecule has 2 nitrogen and oxygen atoms in total. The first kappa shape index (κ1) is 13.5. The zero-order valence-corrected chi connectivity index (χ0v) is 11.6. The van der Waals surface area contributed by atoms with Crippen molar-refractivity contribution in [3.05, 3.63) is 22.7 Å². The van der Waals surface area contributed by atoms with Gasteiger partial charge in [0, 0.05) is 11.8 Å². The molecule has 0 amide bonds. The monoisotopic (exact) mass is 285 g/mol. The molecule has 0 aromatic carbocycles. The molecule has 0 aromatic rings. The summed E-state index contributed by atoms with van der Waals surface area (Å²) in [6.45, 7) is 2.07. The molecule has 3 heteroatoms. The van der Waals surface area contributed by atoms with Crippen LogP contribution in [0.25, 0.3) is 0 Å². The molecular formula is C13H20BrNO. The zero-order chi connectivity index (χ0) is 12.0. The summed E-state index contributed by atoms with van der Waals surface area (Å²) in [5, 5.41) is 7.74. The molecule has 16 heavy (non-hydrogen) atoms. The molecule has 0 saturated heterocycles. The lowest BCUT2D eigenvalue weighted by molar-refractivity contribution is 0.324. The molecule has 1 aliphatic rings. The summed E-state index contributed by atoms with van der Waals surface area (Å²) in [6, 6.07) is 0. The van der Waals surface area contributed by atoms with E-state index in [0.717, 1.165) is 19.3 Å². The van der Waals surface area contributed by atoms with Crippen LogP contribution in [0.4, 0.5) is 0 Å². The minimum atomic E-state index is 0.131. The fourth-order valence-corrected chi connectivity index (χ4v) is 2.93. The maximum Gasteiger partial charge on any atom is 0.180 e. The lowest BCUT2D eigenvalue weighted by Crippen LogP contribution is -2.23. The van der Waals surface area contributed by atoms with Crippen LogP contribution in [-0.4, -0.2) is 13.0 Å². The Balaban J connectivity index is 2.91. The van der Waals surface area contributed by atoms with E-state index in [1.54, 1.807) is 7.11 Å². The number of allylic oxidation sites excluding steroid dienone is 3. The molecule has 90 valence electrons. The van der Waals surface area contributed by atoms with E-state index in [1.165, 1.54) is 18.4 Å². The number of hydrogen-bond acceptors (Lipinski definition) is 2. The van der Waals surface area contributed by atoms with Gasteiger partial charge in [0.15, 0.2) is 5.90 Å². The van der Waals surface area contributed by atoms with Gasteiger partial charge >= 0.3 is 0 Å². The number of ether oxygens (including phenoxy) is 1. The molecular weight excluding hydrogens is 266 g/mol. The van der Waals surface area contributed by atoms with Gasteiger partial charge in [-0.05, 0) is 30.3 Å². The van der Waals surface area contributed by atoms with Crippen LogP contribution in [0.15, 0.2) is 22.7 Å². The van der Waals surface area contributed by atoms with Gasteiger partial charge in [0.1, 0.15) is 0 Å². The highest BCUT2D eigenvalue weighted by Crippen LogP contribution is 2.47. The van der Waals surface area contributed by atoms with Crippen LogP contribution in [0.5, 0.6) is 0 Å². The molecule has 0 radical (unpaired) electrons. The van der Waals surface area contributed by atoms with E-state index in [9.17, 15) is 0 Å². The SMILES string of the molecule is C/C=C(\C=C\Br)C1(CC(=N)OC)CCCC1. The van der Waals surface area contributed by atoms with Crippen molar-refractivity contribution in [2.45, 2.75) is 39.0 Å². The molecule has 0 aliphatic heterocycles. The Kier molecular flexibility index (Phi) is 5.26. The smallest absolute Gasteiger partial charge is 0.180 e. The van der Waals surface area contributed by atoms with Crippen LogP contribution in [0.2, 0.25) is 0 Å². The summed E-state index contributed by atoms with van der Waals surface area (Å²) in [7, 11) is 1.58. The largest absolute Gasteiger partial charge is 0.484 e. The van der Waals surface area contributed by atoms with Crippen molar-refractivity contribution in [3.63, 3.8) is 0 Å². The Morgan fingerprint density at radius 3 is 2.50 bits per heavy atom. The van der Waals surface area contributed by atoms with Gasteiger partial charge in [-0.25, -0.2) is 0 Å². The molecule has 0 unspecified atom stereocenters. The standard InChI is InChI=1S/C13H20BrNO/c1-3-11(6-9-14)13(7-4-5-8-13)10-12(15)16-2/h3,6,9,15H,4-5,7-8,10H2,1-2H3/b9-6+,11-3+,15-12?. The maximum atomic E-state index is 7.74. The minimum absolute atomic E-state index is 0.131. The highest BCUT2D eigenvalue weighted by Gasteiger charge is 2.37. The Hall–Kier alpha value is -0.570. The maximum absolute atomic E-state index is 7.74. The van der Waals surface area contributed by atoms with Gasteiger partial charge in [-0.15, -0.1) is 0 Å². The molecule has 1 fully saturated rings. The van der Waals surface area contributed by atoms with Gasteiger partial charge in [-0.3, -0.25) is 5.41 Å². The number of halogens is 1. The number of hydrogen-bond donors (Lipinski definition) is 1. The fourth-order valence-electron chi connectivity index (χ4n) is 2.65. The third kappa shape index (κ3) is 2.97. The zero-order valence-electron chi connectivity index (χ0n) is 10.1. The first-order valence-corrected chi connectivity index (χ1v) is 6.65. The van der Waals surface area contributed by atoms with Crippen molar-refractivity contribution in [2.75, 3.05) is 7.11 Å². The Labute approximate surface area is 106 Å². The second-order valence-corrected chi connectivity index (χ2v) is 4.86. The predicted molar refractivity (Wildman–Crippen MR) is 72.1 cm³/mol. The molecule has 1 rings (SSSR count). The van der Waals surface area contributed by atoms with Gasteiger partial charge in [0.2, 0.25) is 0 Å². The van der Waals surface area contributed by atoms with Crippen LogP contribution in [0, 0.1) is 10.8 Å². The Morgan fingerprint density at radius 2 is 2.06 bits per heavy atom. The molecule has 0 spiro atoms. The van der Waals surface area contributed by atoms with E-state index in [1.807, 2.05) is 4.99 Å². The number of nitrogens with one attached hydrogen (secondary N) is 1. The van der Waals surface area contributed by atoms with Gasteiger partial charge in [-0.1, -0.05) is 40.9 Å². The molecule has 0 bridgehead atoms. The number of rotatable bonds is 4. The van der Waals surface area contributed by atoms with E-state index in [-0.39, 0.29) is 5.41 Å².